The number of amides is 2. The first-order valence-electron chi connectivity index (χ1n) is 11.5. The van der Waals surface area contributed by atoms with E-state index in [9.17, 15) is 4.79 Å². The van der Waals surface area contributed by atoms with Gasteiger partial charge in [0.1, 0.15) is 0 Å². The standard InChI is InChI=1S/C23H36N4O4/c1-17-14-27(15-18(2)31-17)21-6-4-3-5-20(21)25-23(28)24-13-22(19-7-10-30-16-19)26-8-11-29-12-9-26/h3-6,17-19,22H,7-16H2,1-2H3,(H2,24,25,28)/t17-,18-,19-,22-/m1/s1. The minimum atomic E-state index is -0.168. The summed E-state index contributed by atoms with van der Waals surface area (Å²) in [5.41, 5.74) is 1.86. The molecule has 2 N–H and O–H groups in total. The molecule has 2 amide bonds. The number of benzene rings is 1. The van der Waals surface area contributed by atoms with Crippen LogP contribution in [0.2, 0.25) is 0 Å². The molecule has 8 nitrogen and oxygen atoms in total. The van der Waals surface area contributed by atoms with Gasteiger partial charge in [0, 0.05) is 51.3 Å². The minimum absolute atomic E-state index is 0.161. The maximum Gasteiger partial charge on any atom is 0.319 e. The van der Waals surface area contributed by atoms with Gasteiger partial charge in [-0.15, -0.1) is 0 Å². The van der Waals surface area contributed by atoms with E-state index in [1.807, 2.05) is 18.2 Å². The number of para-hydroxylation sites is 2. The lowest BCUT2D eigenvalue weighted by Crippen LogP contribution is -2.52. The molecule has 3 fully saturated rings. The van der Waals surface area contributed by atoms with Crippen LogP contribution in [-0.4, -0.2) is 88.3 Å². The number of nitrogens with one attached hydrogen (secondary N) is 2. The smallest absolute Gasteiger partial charge is 0.319 e. The Hall–Kier alpha value is -1.87. The quantitative estimate of drug-likeness (QED) is 0.718. The van der Waals surface area contributed by atoms with E-state index in [1.54, 1.807) is 0 Å². The Morgan fingerprint density at radius 2 is 1.84 bits per heavy atom. The molecule has 31 heavy (non-hydrogen) atoms. The fourth-order valence-electron chi connectivity index (χ4n) is 4.95. The molecule has 4 atom stereocenters. The third kappa shape index (κ3) is 5.88. The molecule has 8 heteroatoms. The zero-order chi connectivity index (χ0) is 21.6. The van der Waals surface area contributed by atoms with E-state index in [0.717, 1.165) is 70.4 Å². The first-order chi connectivity index (χ1) is 15.1. The molecule has 0 saturated carbocycles. The average molecular weight is 433 g/mol. The second kappa shape index (κ2) is 10.6. The third-order valence-corrected chi connectivity index (χ3v) is 6.41. The van der Waals surface area contributed by atoms with Crippen LogP contribution in [0.3, 0.4) is 0 Å². The van der Waals surface area contributed by atoms with Gasteiger partial charge in [-0.2, -0.15) is 0 Å². The fourth-order valence-corrected chi connectivity index (χ4v) is 4.95. The number of rotatable bonds is 6. The largest absolute Gasteiger partial charge is 0.381 e. The highest BCUT2D eigenvalue weighted by Crippen LogP contribution is 2.28. The lowest BCUT2D eigenvalue weighted by Gasteiger charge is -2.38. The SMILES string of the molecule is C[C@@H]1CN(c2ccccc2NC(=O)NC[C@H]([C@@H]2CCOC2)N2CCOCC2)C[C@@H](C)O1. The molecule has 4 rings (SSSR count). The summed E-state index contributed by atoms with van der Waals surface area (Å²) in [6.45, 7) is 11.3. The van der Waals surface area contributed by atoms with Crippen LogP contribution in [0.1, 0.15) is 20.3 Å². The first-order valence-corrected chi connectivity index (χ1v) is 11.5. The van der Waals surface area contributed by atoms with Crippen molar-refractivity contribution in [2.75, 3.05) is 69.4 Å². The summed E-state index contributed by atoms with van der Waals surface area (Å²) in [5.74, 6) is 0.446. The zero-order valence-electron chi connectivity index (χ0n) is 18.7. The van der Waals surface area contributed by atoms with Gasteiger partial charge in [0.2, 0.25) is 0 Å². The van der Waals surface area contributed by atoms with Crippen molar-refractivity contribution in [1.29, 1.82) is 0 Å². The number of morpholine rings is 2. The fraction of sp³-hybridized carbons (Fsp3) is 0.696. The van der Waals surface area contributed by atoms with Crippen LogP contribution in [0.5, 0.6) is 0 Å². The van der Waals surface area contributed by atoms with Crippen molar-refractivity contribution in [3.8, 4) is 0 Å². The molecule has 3 heterocycles. The van der Waals surface area contributed by atoms with Crippen molar-refractivity contribution in [2.45, 2.75) is 38.5 Å². The van der Waals surface area contributed by atoms with Crippen LogP contribution in [-0.2, 0) is 14.2 Å². The molecule has 0 spiro atoms. The lowest BCUT2D eigenvalue weighted by atomic mass is 9.97. The lowest BCUT2D eigenvalue weighted by molar-refractivity contribution is -0.00517. The number of carbonyl (C=O) groups is 1. The highest BCUT2D eigenvalue weighted by atomic mass is 16.5. The van der Waals surface area contributed by atoms with Crippen LogP contribution >= 0.6 is 0 Å². The molecule has 3 saturated heterocycles. The van der Waals surface area contributed by atoms with Crippen molar-refractivity contribution in [2.24, 2.45) is 5.92 Å². The number of carbonyl (C=O) groups excluding carboxylic acids is 1. The van der Waals surface area contributed by atoms with Gasteiger partial charge in [-0.1, -0.05) is 12.1 Å². The van der Waals surface area contributed by atoms with E-state index in [1.165, 1.54) is 0 Å². The maximum absolute atomic E-state index is 12.8. The summed E-state index contributed by atoms with van der Waals surface area (Å²) in [4.78, 5) is 17.6. The maximum atomic E-state index is 12.8. The van der Waals surface area contributed by atoms with Gasteiger partial charge in [-0.05, 0) is 32.4 Å². The average Bonchev–Trinajstić information content (AvgIpc) is 3.29. The van der Waals surface area contributed by atoms with Crippen LogP contribution in [0.25, 0.3) is 0 Å². The molecule has 0 bridgehead atoms. The van der Waals surface area contributed by atoms with Crippen LogP contribution < -0.4 is 15.5 Å². The molecule has 0 aromatic heterocycles. The Morgan fingerprint density at radius 3 is 2.55 bits per heavy atom. The molecule has 0 unspecified atom stereocenters. The third-order valence-electron chi connectivity index (χ3n) is 6.41. The summed E-state index contributed by atoms with van der Waals surface area (Å²) in [6, 6.07) is 8.10. The van der Waals surface area contributed by atoms with Crippen molar-refractivity contribution in [3.63, 3.8) is 0 Å². The molecule has 172 valence electrons. The predicted octanol–water partition coefficient (Wildman–Crippen LogP) is 2.16. The Kier molecular flexibility index (Phi) is 7.66. The number of nitrogens with zero attached hydrogens (tertiary/aromatic N) is 2. The van der Waals surface area contributed by atoms with Gasteiger partial charge in [-0.3, -0.25) is 4.90 Å². The van der Waals surface area contributed by atoms with E-state index >= 15 is 0 Å². The summed E-state index contributed by atoms with van der Waals surface area (Å²) < 4.78 is 17.0. The van der Waals surface area contributed by atoms with E-state index < -0.39 is 0 Å². The highest BCUT2D eigenvalue weighted by molar-refractivity contribution is 5.93. The van der Waals surface area contributed by atoms with Gasteiger partial charge in [0.05, 0.1) is 43.4 Å². The number of ether oxygens (including phenoxy) is 3. The van der Waals surface area contributed by atoms with Gasteiger partial charge in [0.25, 0.3) is 0 Å². The van der Waals surface area contributed by atoms with Gasteiger partial charge in [0.15, 0.2) is 0 Å². The number of urea groups is 1. The molecular formula is C23H36N4O4. The molecular weight excluding hydrogens is 396 g/mol. The molecule has 0 radical (unpaired) electrons. The molecule has 3 aliphatic rings. The van der Waals surface area contributed by atoms with E-state index in [4.69, 9.17) is 14.2 Å². The Labute approximate surface area is 185 Å². The van der Waals surface area contributed by atoms with E-state index in [2.05, 4.69) is 40.3 Å². The van der Waals surface area contributed by atoms with Crippen LogP contribution in [0, 0.1) is 5.92 Å². The summed E-state index contributed by atoms with van der Waals surface area (Å²) >= 11 is 0. The highest BCUT2D eigenvalue weighted by Gasteiger charge is 2.32. The predicted molar refractivity (Wildman–Crippen MR) is 121 cm³/mol. The number of hydrogen-bond acceptors (Lipinski definition) is 6. The van der Waals surface area contributed by atoms with Gasteiger partial charge in [-0.25, -0.2) is 4.79 Å². The Balaban J connectivity index is 1.38. The van der Waals surface area contributed by atoms with Crippen LogP contribution in [0.4, 0.5) is 16.2 Å². The van der Waals surface area contributed by atoms with Crippen LogP contribution in [0.15, 0.2) is 24.3 Å². The second-order valence-corrected chi connectivity index (χ2v) is 8.85. The van der Waals surface area contributed by atoms with Crippen molar-refractivity contribution in [1.82, 2.24) is 10.2 Å². The van der Waals surface area contributed by atoms with Crippen molar-refractivity contribution >= 4 is 17.4 Å². The molecule has 1 aromatic carbocycles. The monoisotopic (exact) mass is 432 g/mol. The molecule has 0 aliphatic carbocycles. The number of hydrogen-bond donors (Lipinski definition) is 2. The summed E-state index contributed by atoms with van der Waals surface area (Å²) in [7, 11) is 0. The van der Waals surface area contributed by atoms with Gasteiger partial charge >= 0.3 is 6.03 Å². The minimum Gasteiger partial charge on any atom is -0.381 e. The zero-order valence-corrected chi connectivity index (χ0v) is 18.7. The Morgan fingerprint density at radius 1 is 1.10 bits per heavy atom. The van der Waals surface area contributed by atoms with Gasteiger partial charge < -0.3 is 29.7 Å². The second-order valence-electron chi connectivity index (χ2n) is 8.85. The summed E-state index contributed by atoms with van der Waals surface area (Å²) in [5, 5.41) is 6.20. The first kappa shape index (κ1) is 22.3. The molecule has 3 aliphatic heterocycles. The normalized spacial score (nSPS) is 28.3. The molecule has 1 aromatic rings. The van der Waals surface area contributed by atoms with E-state index in [0.29, 0.717) is 12.5 Å². The van der Waals surface area contributed by atoms with Crippen molar-refractivity contribution < 1.29 is 19.0 Å². The van der Waals surface area contributed by atoms with Crippen molar-refractivity contribution in [3.05, 3.63) is 24.3 Å². The van der Waals surface area contributed by atoms with E-state index in [-0.39, 0.29) is 24.3 Å². The topological polar surface area (TPSA) is 75.3 Å². The Bertz CT molecular complexity index is 711. The number of anilines is 2. The summed E-state index contributed by atoms with van der Waals surface area (Å²) in [6.07, 6.45) is 1.36.